The van der Waals surface area contributed by atoms with Crippen LogP contribution in [0.5, 0.6) is 5.88 Å². The number of hydrogen-bond donors (Lipinski definition) is 4. The third-order valence-electron chi connectivity index (χ3n) is 4.79. The number of carbonyl (C=O) groups is 2. The number of esters is 1. The first-order valence-electron chi connectivity index (χ1n) is 10.6. The van der Waals surface area contributed by atoms with E-state index in [-0.39, 0.29) is 11.9 Å². The van der Waals surface area contributed by atoms with Gasteiger partial charge in [0.15, 0.2) is 6.10 Å². The van der Waals surface area contributed by atoms with Crippen LogP contribution in [0.1, 0.15) is 13.3 Å². The Kier molecular flexibility index (Phi) is 11.4. The lowest BCUT2D eigenvalue weighted by molar-refractivity contribution is -0.146. The summed E-state index contributed by atoms with van der Waals surface area (Å²) in [5, 5.41) is 5.93. The van der Waals surface area contributed by atoms with E-state index in [1.54, 1.807) is 18.7 Å². The van der Waals surface area contributed by atoms with Gasteiger partial charge >= 0.3 is 5.97 Å². The molecule has 0 saturated carbocycles. The number of anilines is 1. The average molecular weight is 493 g/mol. The van der Waals surface area contributed by atoms with Crippen LogP contribution in [0.25, 0.3) is 11.3 Å². The van der Waals surface area contributed by atoms with E-state index in [0.717, 1.165) is 5.56 Å². The van der Waals surface area contributed by atoms with Crippen LogP contribution < -0.4 is 21.1 Å². The molecule has 1 aromatic heterocycles. The molecule has 0 aliphatic carbocycles. The fourth-order valence-electron chi connectivity index (χ4n) is 2.88. The highest BCUT2D eigenvalue weighted by molar-refractivity contribution is 7.98. The van der Waals surface area contributed by atoms with Crippen molar-refractivity contribution in [2.75, 3.05) is 36.7 Å². The zero-order chi connectivity index (χ0) is 24.2. The fourth-order valence-corrected chi connectivity index (χ4v) is 3.48. The Morgan fingerprint density at radius 1 is 1.21 bits per heavy atom. The molecule has 3 atom stereocenters. The first-order chi connectivity index (χ1) is 15.9. The van der Waals surface area contributed by atoms with E-state index in [1.165, 1.54) is 7.11 Å². The summed E-state index contributed by atoms with van der Waals surface area (Å²) in [6, 6.07) is 12.5. The predicted octanol–water partition coefficient (Wildman–Crippen LogP) is 2.60. The predicted molar refractivity (Wildman–Crippen MR) is 137 cm³/mol. The number of carbonyl (C=O) groups excluding carboxylic acids is 2. The molecule has 0 radical (unpaired) electrons. The third kappa shape index (κ3) is 8.45. The highest BCUT2D eigenvalue weighted by Crippen LogP contribution is 2.28. The summed E-state index contributed by atoms with van der Waals surface area (Å²) in [4.78, 5) is 29.5. The van der Waals surface area contributed by atoms with Crippen LogP contribution in [0, 0.1) is 0 Å². The highest BCUT2D eigenvalue weighted by Gasteiger charge is 2.25. The van der Waals surface area contributed by atoms with Gasteiger partial charge in [0.25, 0.3) is 5.91 Å². The van der Waals surface area contributed by atoms with Crippen LogP contribution in [0.3, 0.4) is 0 Å². The van der Waals surface area contributed by atoms with E-state index in [4.69, 9.17) is 15.2 Å². The number of thiol groups is 1. The van der Waals surface area contributed by atoms with Gasteiger partial charge in [0.2, 0.25) is 5.88 Å². The summed E-state index contributed by atoms with van der Waals surface area (Å²) in [6.45, 7) is 2.07. The van der Waals surface area contributed by atoms with E-state index in [0.29, 0.717) is 35.9 Å². The number of aromatic nitrogens is 1. The number of nitrogens with one attached hydrogen (secondary N) is 2. The number of thioether (sulfide) groups is 1. The molecular formula is C23H32N4O4S2. The molecule has 1 aromatic carbocycles. The molecule has 0 aliphatic heterocycles. The first kappa shape index (κ1) is 26.8. The average Bonchev–Trinajstić information content (AvgIpc) is 2.85. The number of rotatable bonds is 13. The summed E-state index contributed by atoms with van der Waals surface area (Å²) in [5.41, 5.74) is 8.20. The standard InChI is InChI=1S/C23H32N4O4S2/c1-15(21(28)26-20(11-12-33-3)23(29)30-2)31-22-19(25-13-17(24)14-32)10-9-18(27-22)16-7-5-4-6-8-16/h4-10,15,17,20,25,32H,11-14,24H2,1-3H3,(H,26,28)/t15?,17?,20-/m0/s1. The Morgan fingerprint density at radius 3 is 2.58 bits per heavy atom. The summed E-state index contributed by atoms with van der Waals surface area (Å²) in [7, 11) is 1.30. The van der Waals surface area contributed by atoms with Crippen LogP contribution >= 0.6 is 24.4 Å². The molecule has 10 heteroatoms. The summed E-state index contributed by atoms with van der Waals surface area (Å²) in [6.07, 6.45) is 1.49. The molecule has 0 spiro atoms. The Morgan fingerprint density at radius 2 is 1.94 bits per heavy atom. The van der Waals surface area contributed by atoms with Gasteiger partial charge in [-0.2, -0.15) is 24.4 Å². The van der Waals surface area contributed by atoms with Gasteiger partial charge in [-0.3, -0.25) is 4.79 Å². The van der Waals surface area contributed by atoms with Gasteiger partial charge in [-0.1, -0.05) is 30.3 Å². The van der Waals surface area contributed by atoms with Crippen molar-refractivity contribution in [1.29, 1.82) is 0 Å². The Hall–Kier alpha value is -2.43. The van der Waals surface area contributed by atoms with Crippen molar-refractivity contribution in [3.8, 4) is 17.1 Å². The molecule has 0 bridgehead atoms. The van der Waals surface area contributed by atoms with E-state index in [9.17, 15) is 9.59 Å². The van der Waals surface area contributed by atoms with E-state index >= 15 is 0 Å². The second-order valence-electron chi connectivity index (χ2n) is 7.36. The van der Waals surface area contributed by atoms with Crippen molar-refractivity contribution in [1.82, 2.24) is 10.3 Å². The minimum atomic E-state index is -0.899. The molecule has 2 unspecified atom stereocenters. The van der Waals surface area contributed by atoms with Crippen LogP contribution in [0.15, 0.2) is 42.5 Å². The molecule has 1 amide bonds. The molecule has 2 aromatic rings. The van der Waals surface area contributed by atoms with Crippen molar-refractivity contribution in [2.45, 2.75) is 31.5 Å². The lowest BCUT2D eigenvalue weighted by atomic mass is 10.1. The lowest BCUT2D eigenvalue weighted by Crippen LogP contribution is -2.47. The van der Waals surface area contributed by atoms with Gasteiger partial charge < -0.3 is 25.8 Å². The number of amides is 1. The Labute approximate surface area is 204 Å². The second-order valence-corrected chi connectivity index (χ2v) is 8.72. The maximum Gasteiger partial charge on any atom is 0.328 e. The molecule has 180 valence electrons. The number of nitrogens with zero attached hydrogens (tertiary/aromatic N) is 1. The molecule has 0 aliphatic rings. The summed E-state index contributed by atoms with van der Waals surface area (Å²) < 4.78 is 10.8. The van der Waals surface area contributed by atoms with Crippen molar-refractivity contribution < 1.29 is 19.1 Å². The smallest absolute Gasteiger partial charge is 0.328 e. The summed E-state index contributed by atoms with van der Waals surface area (Å²) >= 11 is 5.79. The van der Waals surface area contributed by atoms with Gasteiger partial charge in [-0.05, 0) is 37.5 Å². The van der Waals surface area contributed by atoms with Crippen molar-refractivity contribution in [3.05, 3.63) is 42.5 Å². The molecular weight excluding hydrogens is 460 g/mol. The number of methoxy groups -OCH3 is 1. The van der Waals surface area contributed by atoms with E-state index < -0.39 is 24.0 Å². The molecule has 0 saturated heterocycles. The number of pyridine rings is 1. The number of ether oxygens (including phenoxy) is 2. The van der Waals surface area contributed by atoms with Gasteiger partial charge in [-0.25, -0.2) is 9.78 Å². The quantitative estimate of drug-likeness (QED) is 0.249. The molecule has 8 nitrogen and oxygen atoms in total. The van der Waals surface area contributed by atoms with Gasteiger partial charge in [0.05, 0.1) is 18.5 Å². The van der Waals surface area contributed by atoms with Crippen LogP contribution in [0.2, 0.25) is 0 Å². The fraction of sp³-hybridized carbons (Fsp3) is 0.435. The summed E-state index contributed by atoms with van der Waals surface area (Å²) in [5.74, 6) is 0.565. The maximum absolute atomic E-state index is 12.8. The van der Waals surface area contributed by atoms with Gasteiger partial charge in [-0.15, -0.1) is 0 Å². The van der Waals surface area contributed by atoms with E-state index in [2.05, 4.69) is 28.2 Å². The first-order valence-corrected chi connectivity index (χ1v) is 12.6. The normalized spacial score (nSPS) is 13.5. The molecule has 0 fully saturated rings. The molecule has 1 heterocycles. The van der Waals surface area contributed by atoms with Gasteiger partial charge in [0, 0.05) is 23.9 Å². The van der Waals surface area contributed by atoms with E-state index in [1.807, 2.05) is 48.7 Å². The van der Waals surface area contributed by atoms with Crippen molar-refractivity contribution in [2.24, 2.45) is 5.73 Å². The maximum atomic E-state index is 12.8. The SMILES string of the molecule is COC(=O)[C@H](CCSC)NC(=O)C(C)Oc1nc(-c2ccccc2)ccc1NCC(N)CS. The van der Waals surface area contributed by atoms with Crippen molar-refractivity contribution in [3.63, 3.8) is 0 Å². The number of nitrogens with two attached hydrogens (primary N) is 1. The monoisotopic (exact) mass is 492 g/mol. The zero-order valence-corrected chi connectivity index (χ0v) is 20.8. The Bertz CT molecular complexity index is 901. The Balaban J connectivity index is 2.21. The zero-order valence-electron chi connectivity index (χ0n) is 19.1. The molecule has 33 heavy (non-hydrogen) atoms. The molecule has 4 N–H and O–H groups in total. The minimum Gasteiger partial charge on any atom is -0.467 e. The van der Waals surface area contributed by atoms with Crippen LogP contribution in [0.4, 0.5) is 5.69 Å². The largest absolute Gasteiger partial charge is 0.467 e. The highest BCUT2D eigenvalue weighted by atomic mass is 32.2. The van der Waals surface area contributed by atoms with Gasteiger partial charge in [0.1, 0.15) is 6.04 Å². The van der Waals surface area contributed by atoms with Crippen molar-refractivity contribution >= 4 is 42.0 Å². The topological polar surface area (TPSA) is 116 Å². The lowest BCUT2D eigenvalue weighted by Gasteiger charge is -2.21. The number of benzene rings is 1. The molecule has 2 rings (SSSR count). The minimum absolute atomic E-state index is 0.159. The van der Waals surface area contributed by atoms with Crippen LogP contribution in [-0.4, -0.2) is 66.5 Å². The third-order valence-corrected chi connectivity index (χ3v) is 5.90. The van der Waals surface area contributed by atoms with Crippen LogP contribution in [-0.2, 0) is 14.3 Å². The second kappa shape index (κ2) is 14.0. The number of hydrogen-bond acceptors (Lipinski definition) is 9.